The molecule has 0 aromatic heterocycles. The van der Waals surface area contributed by atoms with Crippen LogP contribution in [-0.4, -0.2) is 13.0 Å². The summed E-state index contributed by atoms with van der Waals surface area (Å²) in [6.45, 7) is 3.66. The van der Waals surface area contributed by atoms with Crippen molar-refractivity contribution in [3.63, 3.8) is 0 Å². The lowest BCUT2D eigenvalue weighted by Crippen LogP contribution is -2.25. The highest BCUT2D eigenvalue weighted by molar-refractivity contribution is 4.69. The van der Waals surface area contributed by atoms with Crippen LogP contribution in [0.15, 0.2) is 12.7 Å². The maximum atomic E-state index is 5.32. The van der Waals surface area contributed by atoms with E-state index in [1.165, 1.54) is 0 Å². The molecule has 3 heteroatoms. The van der Waals surface area contributed by atoms with Gasteiger partial charge in [0.1, 0.15) is 6.23 Å². The minimum Gasteiger partial charge on any atom is -0.348 e. The Kier molecular flexibility index (Phi) is 4.54. The number of nitrogens with two attached hydrogens (primary N) is 2. The molecule has 0 fully saturated rings. The molecule has 0 aliphatic heterocycles. The van der Waals surface area contributed by atoms with Gasteiger partial charge in [0.15, 0.2) is 0 Å². The van der Waals surface area contributed by atoms with Gasteiger partial charge < -0.3 is 16.2 Å². The van der Waals surface area contributed by atoms with Crippen LogP contribution in [0.2, 0.25) is 0 Å². The first-order chi connectivity index (χ1) is 3.81. The van der Waals surface area contributed by atoms with Crippen LogP contribution in [0, 0.1) is 0 Å². The number of hydrogen-bond donors (Lipinski definition) is 2. The van der Waals surface area contributed by atoms with Gasteiger partial charge in [-0.15, -0.1) is 6.58 Å². The first-order valence-corrected chi connectivity index (χ1v) is 2.49. The van der Waals surface area contributed by atoms with Crippen LogP contribution in [0.3, 0.4) is 0 Å². The monoisotopic (exact) mass is 116 g/mol. The largest absolute Gasteiger partial charge is 0.348 e. The van der Waals surface area contributed by atoms with E-state index in [9.17, 15) is 0 Å². The van der Waals surface area contributed by atoms with Gasteiger partial charge in [-0.05, 0) is 0 Å². The molecule has 1 unspecified atom stereocenters. The Morgan fingerprint density at radius 1 is 1.75 bits per heavy atom. The van der Waals surface area contributed by atoms with Gasteiger partial charge in [0.05, 0.1) is 6.73 Å². The smallest absolute Gasteiger partial charge is 0.110 e. The van der Waals surface area contributed by atoms with Crippen molar-refractivity contribution >= 4 is 0 Å². The molecule has 48 valence electrons. The van der Waals surface area contributed by atoms with Crippen LogP contribution in [-0.2, 0) is 4.74 Å². The van der Waals surface area contributed by atoms with Gasteiger partial charge >= 0.3 is 0 Å². The van der Waals surface area contributed by atoms with Gasteiger partial charge in [-0.2, -0.15) is 0 Å². The van der Waals surface area contributed by atoms with E-state index in [1.807, 2.05) is 0 Å². The molecule has 0 radical (unpaired) electrons. The summed E-state index contributed by atoms with van der Waals surface area (Å²) in [6.07, 6.45) is 2.06. The van der Waals surface area contributed by atoms with E-state index in [4.69, 9.17) is 16.2 Å². The molecular weight excluding hydrogens is 104 g/mol. The van der Waals surface area contributed by atoms with Crippen LogP contribution >= 0.6 is 0 Å². The molecule has 4 N–H and O–H groups in total. The Bertz CT molecular complexity index is 65.4. The van der Waals surface area contributed by atoms with Gasteiger partial charge in [-0.3, -0.25) is 0 Å². The van der Waals surface area contributed by atoms with E-state index in [2.05, 4.69) is 6.58 Å². The van der Waals surface area contributed by atoms with E-state index in [-0.39, 0.29) is 13.0 Å². The molecule has 0 spiro atoms. The molecule has 0 saturated carbocycles. The molecule has 1 atom stereocenters. The van der Waals surface area contributed by atoms with Gasteiger partial charge in [-0.25, -0.2) is 0 Å². The Hall–Kier alpha value is -0.380. The van der Waals surface area contributed by atoms with E-state index < -0.39 is 0 Å². The molecule has 0 bridgehead atoms. The van der Waals surface area contributed by atoms with Gasteiger partial charge in [0.25, 0.3) is 0 Å². The average Bonchev–Trinajstić information content (AvgIpc) is 1.68. The summed E-state index contributed by atoms with van der Waals surface area (Å²) >= 11 is 0. The fraction of sp³-hybridized carbons (Fsp3) is 0.600. The summed E-state index contributed by atoms with van der Waals surface area (Å²) in [4.78, 5) is 0. The highest BCUT2D eigenvalue weighted by Gasteiger charge is 1.94. The summed E-state index contributed by atoms with van der Waals surface area (Å²) < 4.78 is 4.77. The van der Waals surface area contributed by atoms with E-state index in [0.717, 1.165) is 0 Å². The maximum absolute atomic E-state index is 5.32. The van der Waals surface area contributed by atoms with Crippen molar-refractivity contribution in [2.24, 2.45) is 11.5 Å². The molecule has 0 aliphatic carbocycles. The summed E-state index contributed by atoms with van der Waals surface area (Å²) in [5.74, 6) is 0. The third kappa shape index (κ3) is 3.80. The highest BCUT2D eigenvalue weighted by Crippen LogP contribution is 1.87. The molecule has 8 heavy (non-hydrogen) atoms. The second-order valence-corrected chi connectivity index (χ2v) is 1.40. The molecule has 0 aromatic rings. The molecule has 0 rings (SSSR count). The normalized spacial score (nSPS) is 13.2. The zero-order chi connectivity index (χ0) is 6.41. The third-order valence-electron chi connectivity index (χ3n) is 0.709. The van der Waals surface area contributed by atoms with Crippen molar-refractivity contribution in [3.8, 4) is 0 Å². The molecular formula is C5H12N2O. The molecule has 0 heterocycles. The lowest BCUT2D eigenvalue weighted by atomic mass is 10.4. The Labute approximate surface area is 49.3 Å². The second kappa shape index (κ2) is 4.77. The standard InChI is InChI=1S/C5H12N2O/c1-2-3-5(7)8-4-6/h2,5H,1,3-4,6-7H2. The fourth-order valence-electron chi connectivity index (χ4n) is 0.356. The van der Waals surface area contributed by atoms with Crippen LogP contribution in [0.25, 0.3) is 0 Å². The van der Waals surface area contributed by atoms with E-state index in [0.29, 0.717) is 6.42 Å². The van der Waals surface area contributed by atoms with Crippen molar-refractivity contribution in [3.05, 3.63) is 12.7 Å². The quantitative estimate of drug-likeness (QED) is 0.394. The average molecular weight is 116 g/mol. The van der Waals surface area contributed by atoms with Crippen molar-refractivity contribution in [1.82, 2.24) is 0 Å². The number of hydrogen-bond acceptors (Lipinski definition) is 3. The van der Waals surface area contributed by atoms with E-state index in [1.54, 1.807) is 6.08 Å². The minimum atomic E-state index is -0.280. The Morgan fingerprint density at radius 3 is 2.75 bits per heavy atom. The molecule has 0 amide bonds. The van der Waals surface area contributed by atoms with Gasteiger partial charge in [0, 0.05) is 6.42 Å². The van der Waals surface area contributed by atoms with Gasteiger partial charge in [-0.1, -0.05) is 6.08 Å². The summed E-state index contributed by atoms with van der Waals surface area (Å²) in [7, 11) is 0. The van der Waals surface area contributed by atoms with Crippen molar-refractivity contribution < 1.29 is 4.74 Å². The Morgan fingerprint density at radius 2 is 2.38 bits per heavy atom. The number of ether oxygens (including phenoxy) is 1. The van der Waals surface area contributed by atoms with Crippen molar-refractivity contribution in [2.75, 3.05) is 6.73 Å². The summed E-state index contributed by atoms with van der Waals surface area (Å²) in [5.41, 5.74) is 10.3. The Balaban J connectivity index is 3.03. The SMILES string of the molecule is C=CCC(N)OCN. The predicted molar refractivity (Wildman–Crippen MR) is 32.9 cm³/mol. The van der Waals surface area contributed by atoms with E-state index >= 15 is 0 Å². The molecule has 0 saturated heterocycles. The van der Waals surface area contributed by atoms with Crippen LogP contribution in [0.4, 0.5) is 0 Å². The lowest BCUT2D eigenvalue weighted by Gasteiger charge is -2.06. The molecule has 0 aliphatic rings. The predicted octanol–water partition coefficient (Wildman–Crippen LogP) is -0.220. The topological polar surface area (TPSA) is 61.3 Å². The summed E-state index contributed by atoms with van der Waals surface area (Å²) in [5, 5.41) is 0. The minimum absolute atomic E-state index is 0.176. The molecule has 3 nitrogen and oxygen atoms in total. The van der Waals surface area contributed by atoms with Crippen molar-refractivity contribution in [1.29, 1.82) is 0 Å². The maximum Gasteiger partial charge on any atom is 0.110 e. The first kappa shape index (κ1) is 7.62. The van der Waals surface area contributed by atoms with Crippen LogP contribution in [0.1, 0.15) is 6.42 Å². The second-order valence-electron chi connectivity index (χ2n) is 1.40. The van der Waals surface area contributed by atoms with Crippen LogP contribution < -0.4 is 11.5 Å². The third-order valence-corrected chi connectivity index (χ3v) is 0.709. The lowest BCUT2D eigenvalue weighted by molar-refractivity contribution is 0.0649. The zero-order valence-corrected chi connectivity index (χ0v) is 4.84. The van der Waals surface area contributed by atoms with Crippen LogP contribution in [0.5, 0.6) is 0 Å². The number of rotatable bonds is 4. The van der Waals surface area contributed by atoms with Crippen molar-refractivity contribution in [2.45, 2.75) is 12.6 Å². The highest BCUT2D eigenvalue weighted by atomic mass is 16.5. The zero-order valence-electron chi connectivity index (χ0n) is 4.84. The van der Waals surface area contributed by atoms with Gasteiger partial charge in [0.2, 0.25) is 0 Å². The first-order valence-electron chi connectivity index (χ1n) is 2.49. The molecule has 0 aromatic carbocycles. The fourth-order valence-corrected chi connectivity index (χ4v) is 0.356. The summed E-state index contributed by atoms with van der Waals surface area (Å²) in [6, 6.07) is 0.